The molecule has 0 saturated heterocycles. The first-order valence-electron chi connectivity index (χ1n) is 13.7. The van der Waals surface area contributed by atoms with E-state index in [4.69, 9.17) is 4.74 Å². The quantitative estimate of drug-likeness (QED) is 0.145. The Bertz CT molecular complexity index is 1180. The number of carboxylic acid groups (broad SMARTS) is 1. The topological polar surface area (TPSA) is 63.6 Å². The first-order valence-corrected chi connectivity index (χ1v) is 13.7. The van der Waals surface area contributed by atoms with E-state index in [1.165, 1.54) is 18.4 Å². The molecule has 0 aliphatic carbocycles. The number of ether oxygens (including phenoxy) is 1. The third kappa shape index (κ3) is 7.31. The first-order chi connectivity index (χ1) is 17.9. The molecule has 0 saturated carbocycles. The highest BCUT2D eigenvalue weighted by Gasteiger charge is 2.21. The van der Waals surface area contributed by atoms with Crippen molar-refractivity contribution < 1.29 is 19.4 Å². The van der Waals surface area contributed by atoms with Gasteiger partial charge in [-0.3, -0.25) is 0 Å². The van der Waals surface area contributed by atoms with Gasteiger partial charge in [-0.1, -0.05) is 83.7 Å². The number of carbonyl (C=O) groups excluding carboxylic acids is 1. The van der Waals surface area contributed by atoms with Crippen LogP contribution in [0.15, 0.2) is 60.7 Å². The maximum absolute atomic E-state index is 12.7. The number of carboxylic acids is 1. The number of benzene rings is 3. The second kappa shape index (κ2) is 13.8. The summed E-state index contributed by atoms with van der Waals surface area (Å²) < 4.78 is 5.64. The van der Waals surface area contributed by atoms with Gasteiger partial charge in [0.1, 0.15) is 5.75 Å². The minimum absolute atomic E-state index is 0.242. The van der Waals surface area contributed by atoms with Gasteiger partial charge in [0, 0.05) is 0 Å². The molecule has 1 unspecified atom stereocenters. The standard InChI is InChI=1S/C33H40O4/c1-5-8-10-12-24-13-15-26(16-14-24)33(36)37-27-19-17-25(18-20-27)29-21-22-30(32(34)35)28(7-3)31(29)23(4)11-9-6-2/h13-23H,5-12H2,1-4H3,(H,34,35). The highest BCUT2D eigenvalue weighted by Crippen LogP contribution is 2.37. The molecule has 196 valence electrons. The van der Waals surface area contributed by atoms with Crippen molar-refractivity contribution in [3.63, 3.8) is 0 Å². The molecular formula is C33H40O4. The Balaban J connectivity index is 1.82. The van der Waals surface area contributed by atoms with Gasteiger partial charge in [-0.15, -0.1) is 0 Å². The SMILES string of the molecule is CCCCCc1ccc(C(=O)Oc2ccc(-c3ccc(C(=O)O)c(CC)c3C(C)CCCC)cc2)cc1. The van der Waals surface area contributed by atoms with E-state index in [0.29, 0.717) is 23.3 Å². The molecule has 3 aromatic rings. The molecule has 4 nitrogen and oxygen atoms in total. The first kappa shape index (κ1) is 28.2. The number of esters is 1. The number of aromatic carboxylic acids is 1. The van der Waals surface area contributed by atoms with E-state index in [9.17, 15) is 14.7 Å². The third-order valence-corrected chi connectivity index (χ3v) is 7.06. The molecule has 0 aliphatic heterocycles. The monoisotopic (exact) mass is 500 g/mol. The van der Waals surface area contributed by atoms with E-state index in [1.807, 2.05) is 61.5 Å². The molecule has 0 radical (unpaired) electrons. The lowest BCUT2D eigenvalue weighted by Gasteiger charge is -2.22. The fraction of sp³-hybridized carbons (Fsp3) is 0.394. The van der Waals surface area contributed by atoms with Crippen molar-refractivity contribution in [2.24, 2.45) is 0 Å². The fourth-order valence-corrected chi connectivity index (χ4v) is 4.97. The third-order valence-electron chi connectivity index (χ3n) is 7.06. The lowest BCUT2D eigenvalue weighted by Crippen LogP contribution is -2.10. The highest BCUT2D eigenvalue weighted by atomic mass is 16.5. The summed E-state index contributed by atoms with van der Waals surface area (Å²) >= 11 is 0. The van der Waals surface area contributed by atoms with Crippen LogP contribution >= 0.6 is 0 Å². The lowest BCUT2D eigenvalue weighted by molar-refractivity contribution is 0.0693. The van der Waals surface area contributed by atoms with E-state index >= 15 is 0 Å². The van der Waals surface area contributed by atoms with Crippen LogP contribution < -0.4 is 4.74 Å². The summed E-state index contributed by atoms with van der Waals surface area (Å²) in [5.74, 6) is -0.532. The van der Waals surface area contributed by atoms with Crippen LogP contribution in [0.5, 0.6) is 5.75 Å². The molecule has 0 aliphatic rings. The van der Waals surface area contributed by atoms with Crippen molar-refractivity contribution in [1.82, 2.24) is 0 Å². The summed E-state index contributed by atoms with van der Waals surface area (Å²) in [7, 11) is 0. The van der Waals surface area contributed by atoms with E-state index in [1.54, 1.807) is 6.07 Å². The molecule has 4 heteroatoms. The molecule has 3 rings (SSSR count). The number of aryl methyl sites for hydroxylation is 1. The van der Waals surface area contributed by atoms with Gasteiger partial charge in [0.25, 0.3) is 0 Å². The van der Waals surface area contributed by atoms with Crippen LogP contribution in [0.1, 0.15) is 110 Å². The van der Waals surface area contributed by atoms with E-state index in [-0.39, 0.29) is 11.9 Å². The minimum Gasteiger partial charge on any atom is -0.478 e. The van der Waals surface area contributed by atoms with Crippen LogP contribution in [0.3, 0.4) is 0 Å². The molecule has 0 spiro atoms. The van der Waals surface area contributed by atoms with Crippen LogP contribution in [-0.4, -0.2) is 17.0 Å². The Morgan fingerprint density at radius 3 is 2.11 bits per heavy atom. The maximum atomic E-state index is 12.7. The average molecular weight is 501 g/mol. The Kier molecular flexibility index (Phi) is 10.5. The summed E-state index contributed by atoms with van der Waals surface area (Å²) in [6.07, 6.45) is 8.44. The minimum atomic E-state index is -0.886. The van der Waals surface area contributed by atoms with Gasteiger partial charge < -0.3 is 9.84 Å². The second-order valence-electron chi connectivity index (χ2n) is 9.82. The summed E-state index contributed by atoms with van der Waals surface area (Å²) in [4.78, 5) is 24.6. The van der Waals surface area contributed by atoms with Crippen LogP contribution in [-0.2, 0) is 12.8 Å². The average Bonchev–Trinajstić information content (AvgIpc) is 2.91. The largest absolute Gasteiger partial charge is 0.478 e. The van der Waals surface area contributed by atoms with Gasteiger partial charge in [-0.25, -0.2) is 9.59 Å². The van der Waals surface area contributed by atoms with Gasteiger partial charge in [0.15, 0.2) is 0 Å². The van der Waals surface area contributed by atoms with Gasteiger partial charge in [-0.05, 0) is 89.8 Å². The Morgan fingerprint density at radius 2 is 1.51 bits per heavy atom. The van der Waals surface area contributed by atoms with Crippen molar-refractivity contribution in [3.05, 3.63) is 88.5 Å². The normalized spacial score (nSPS) is 11.8. The Labute approximate surface area is 221 Å². The second-order valence-corrected chi connectivity index (χ2v) is 9.82. The number of rotatable bonds is 13. The van der Waals surface area contributed by atoms with Crippen LogP contribution in [0.25, 0.3) is 11.1 Å². The van der Waals surface area contributed by atoms with Gasteiger partial charge in [0.05, 0.1) is 11.1 Å². The lowest BCUT2D eigenvalue weighted by atomic mass is 9.82. The molecule has 0 aromatic heterocycles. The summed E-state index contributed by atoms with van der Waals surface area (Å²) in [6, 6.07) is 18.8. The van der Waals surface area contributed by atoms with Crippen LogP contribution in [0.4, 0.5) is 0 Å². The molecule has 0 bridgehead atoms. The number of hydrogen-bond donors (Lipinski definition) is 1. The molecule has 1 N–H and O–H groups in total. The van der Waals surface area contributed by atoms with Crippen molar-refractivity contribution >= 4 is 11.9 Å². The van der Waals surface area contributed by atoms with Crippen LogP contribution in [0.2, 0.25) is 0 Å². The van der Waals surface area contributed by atoms with Crippen molar-refractivity contribution in [2.45, 2.75) is 85.0 Å². The highest BCUT2D eigenvalue weighted by molar-refractivity contribution is 5.92. The molecule has 1 atom stereocenters. The van der Waals surface area contributed by atoms with E-state index < -0.39 is 5.97 Å². The molecule has 0 amide bonds. The Morgan fingerprint density at radius 1 is 0.838 bits per heavy atom. The van der Waals surface area contributed by atoms with Crippen molar-refractivity contribution in [3.8, 4) is 16.9 Å². The molecule has 37 heavy (non-hydrogen) atoms. The number of carbonyl (C=O) groups is 2. The van der Waals surface area contributed by atoms with Gasteiger partial charge >= 0.3 is 11.9 Å². The van der Waals surface area contributed by atoms with Gasteiger partial charge in [0.2, 0.25) is 0 Å². The van der Waals surface area contributed by atoms with E-state index in [2.05, 4.69) is 20.8 Å². The summed E-state index contributed by atoms with van der Waals surface area (Å²) in [5.41, 5.74) is 6.20. The zero-order valence-electron chi connectivity index (χ0n) is 22.7. The molecule has 3 aromatic carbocycles. The summed E-state index contributed by atoms with van der Waals surface area (Å²) in [5, 5.41) is 9.77. The smallest absolute Gasteiger partial charge is 0.343 e. The zero-order valence-corrected chi connectivity index (χ0v) is 22.7. The fourth-order valence-electron chi connectivity index (χ4n) is 4.97. The Hall–Kier alpha value is -3.40. The predicted molar refractivity (Wildman–Crippen MR) is 151 cm³/mol. The van der Waals surface area contributed by atoms with E-state index in [0.717, 1.165) is 54.4 Å². The van der Waals surface area contributed by atoms with Crippen LogP contribution in [0, 0.1) is 0 Å². The number of hydrogen-bond acceptors (Lipinski definition) is 3. The molecule has 0 heterocycles. The summed E-state index contributed by atoms with van der Waals surface area (Å²) in [6.45, 7) is 8.56. The molecular weight excluding hydrogens is 460 g/mol. The predicted octanol–water partition coefficient (Wildman–Crippen LogP) is 8.86. The van der Waals surface area contributed by atoms with Crippen molar-refractivity contribution in [1.29, 1.82) is 0 Å². The molecule has 0 fully saturated rings. The zero-order chi connectivity index (χ0) is 26.8. The number of unbranched alkanes of at least 4 members (excludes halogenated alkanes) is 3. The van der Waals surface area contributed by atoms with Gasteiger partial charge in [-0.2, -0.15) is 0 Å². The van der Waals surface area contributed by atoms with Crippen molar-refractivity contribution in [2.75, 3.05) is 0 Å². The maximum Gasteiger partial charge on any atom is 0.343 e.